The van der Waals surface area contributed by atoms with E-state index < -0.39 is 10.1 Å². The van der Waals surface area contributed by atoms with Crippen LogP contribution in [0, 0.1) is 0 Å². The van der Waals surface area contributed by atoms with Crippen molar-refractivity contribution in [3.05, 3.63) is 83.9 Å². The van der Waals surface area contributed by atoms with Gasteiger partial charge in [0.2, 0.25) is 5.91 Å². The third-order valence-corrected chi connectivity index (χ3v) is 5.79. The fraction of sp³-hybridized carbons (Fsp3) is 0.200. The zero-order valence-electron chi connectivity index (χ0n) is 19.1. The fourth-order valence-corrected chi connectivity index (χ4v) is 4.12. The average molecular weight is 483 g/mol. The summed E-state index contributed by atoms with van der Waals surface area (Å²) in [6.07, 6.45) is 1.21. The lowest BCUT2D eigenvalue weighted by Gasteiger charge is -2.13. The molecule has 0 saturated heterocycles. The zero-order chi connectivity index (χ0) is 24.6. The van der Waals surface area contributed by atoms with Crippen LogP contribution in [0.2, 0.25) is 0 Å². The van der Waals surface area contributed by atoms with Gasteiger partial charge in [-0.2, -0.15) is 13.5 Å². The molecule has 0 saturated carbocycles. The van der Waals surface area contributed by atoms with E-state index in [1.807, 2.05) is 13.8 Å². The minimum Gasteiger partial charge on any atom is -0.497 e. The Kier molecular flexibility index (Phi) is 8.26. The van der Waals surface area contributed by atoms with Gasteiger partial charge in [0, 0.05) is 5.56 Å². The summed E-state index contributed by atoms with van der Waals surface area (Å²) in [5, 5.41) is 3.95. The summed E-state index contributed by atoms with van der Waals surface area (Å²) in [6, 6.07) is 19.7. The standard InChI is InChI=1S/C25H26N2O6S/c1-18(2)32-23-12-13-24(34(29,30)33-21-9-5-4-6-10-21)20(16-23)17-26-27-25(28)15-19-8-7-11-22(14-19)31-3/h4-14,16-18H,15H2,1-3H3,(H,27,28)/b26-17+. The number of para-hydroxylation sites is 1. The van der Waals surface area contributed by atoms with Gasteiger partial charge >= 0.3 is 10.1 Å². The molecule has 0 aromatic heterocycles. The van der Waals surface area contributed by atoms with Crippen LogP contribution in [-0.4, -0.2) is 33.8 Å². The topological polar surface area (TPSA) is 103 Å². The maximum atomic E-state index is 12.9. The maximum absolute atomic E-state index is 12.9. The predicted molar refractivity (Wildman–Crippen MR) is 129 cm³/mol. The molecule has 3 aromatic rings. The largest absolute Gasteiger partial charge is 0.497 e. The van der Waals surface area contributed by atoms with Gasteiger partial charge < -0.3 is 13.7 Å². The highest BCUT2D eigenvalue weighted by molar-refractivity contribution is 7.87. The predicted octanol–water partition coefficient (Wildman–Crippen LogP) is 3.94. The van der Waals surface area contributed by atoms with Crippen LogP contribution in [0.25, 0.3) is 0 Å². The van der Waals surface area contributed by atoms with Crippen molar-refractivity contribution in [3.63, 3.8) is 0 Å². The second kappa shape index (κ2) is 11.3. The van der Waals surface area contributed by atoms with E-state index in [4.69, 9.17) is 13.7 Å². The zero-order valence-corrected chi connectivity index (χ0v) is 19.9. The minimum absolute atomic E-state index is 0.0767. The van der Waals surface area contributed by atoms with E-state index in [9.17, 15) is 13.2 Å². The number of ether oxygens (including phenoxy) is 2. The van der Waals surface area contributed by atoms with Gasteiger partial charge in [0.15, 0.2) is 0 Å². The van der Waals surface area contributed by atoms with E-state index >= 15 is 0 Å². The summed E-state index contributed by atoms with van der Waals surface area (Å²) in [6.45, 7) is 3.71. The minimum atomic E-state index is -4.17. The highest BCUT2D eigenvalue weighted by Gasteiger charge is 2.21. The molecule has 0 radical (unpaired) electrons. The summed E-state index contributed by atoms with van der Waals surface area (Å²) in [4.78, 5) is 12.2. The van der Waals surface area contributed by atoms with E-state index in [0.717, 1.165) is 5.56 Å². The van der Waals surface area contributed by atoms with Gasteiger partial charge in [0.25, 0.3) is 0 Å². The number of rotatable bonds is 10. The lowest BCUT2D eigenvalue weighted by molar-refractivity contribution is -0.120. The van der Waals surface area contributed by atoms with E-state index in [0.29, 0.717) is 11.5 Å². The second-order valence-electron chi connectivity index (χ2n) is 7.54. The number of methoxy groups -OCH3 is 1. The molecule has 0 heterocycles. The molecule has 0 aliphatic rings. The van der Waals surface area contributed by atoms with Gasteiger partial charge in [0.1, 0.15) is 22.1 Å². The van der Waals surface area contributed by atoms with E-state index in [-0.39, 0.29) is 34.6 Å². The number of hydrogen-bond acceptors (Lipinski definition) is 7. The van der Waals surface area contributed by atoms with Gasteiger partial charge in [-0.1, -0.05) is 30.3 Å². The Balaban J connectivity index is 1.81. The van der Waals surface area contributed by atoms with Crippen LogP contribution in [-0.2, 0) is 21.3 Å². The van der Waals surface area contributed by atoms with Crippen LogP contribution in [0.5, 0.6) is 17.2 Å². The van der Waals surface area contributed by atoms with Crippen LogP contribution in [0.15, 0.2) is 82.8 Å². The van der Waals surface area contributed by atoms with E-state index in [1.165, 1.54) is 18.3 Å². The second-order valence-corrected chi connectivity index (χ2v) is 9.05. The van der Waals surface area contributed by atoms with Crippen LogP contribution in [0.4, 0.5) is 0 Å². The number of nitrogens with one attached hydrogen (secondary N) is 1. The number of carbonyl (C=O) groups excluding carboxylic acids is 1. The Morgan fingerprint density at radius 2 is 1.71 bits per heavy atom. The number of benzene rings is 3. The van der Waals surface area contributed by atoms with Gasteiger partial charge in [0.05, 0.1) is 25.8 Å². The number of hydrazone groups is 1. The van der Waals surface area contributed by atoms with Crippen molar-refractivity contribution in [1.29, 1.82) is 0 Å². The molecule has 0 fully saturated rings. The van der Waals surface area contributed by atoms with Crippen LogP contribution >= 0.6 is 0 Å². The quantitative estimate of drug-likeness (QED) is 0.267. The number of hydrogen-bond donors (Lipinski definition) is 1. The van der Waals surface area contributed by atoms with Gasteiger partial charge in [-0.15, -0.1) is 0 Å². The molecule has 8 nitrogen and oxygen atoms in total. The Hall–Kier alpha value is -3.85. The lowest BCUT2D eigenvalue weighted by atomic mass is 10.1. The van der Waals surface area contributed by atoms with Gasteiger partial charge in [-0.25, -0.2) is 5.43 Å². The first-order valence-corrected chi connectivity index (χ1v) is 11.9. The fourth-order valence-electron chi connectivity index (χ4n) is 3.03. The smallest absolute Gasteiger partial charge is 0.339 e. The van der Waals surface area contributed by atoms with Crippen LogP contribution in [0.3, 0.4) is 0 Å². The summed E-state index contributed by atoms with van der Waals surface area (Å²) in [5.74, 6) is 0.908. The Bertz CT molecular complexity index is 1260. The van der Waals surface area contributed by atoms with Crippen molar-refractivity contribution in [1.82, 2.24) is 5.43 Å². The molecule has 0 unspecified atom stereocenters. The number of carbonyl (C=O) groups is 1. The third kappa shape index (κ3) is 7.08. The van der Waals surface area contributed by atoms with Gasteiger partial charge in [-0.3, -0.25) is 4.79 Å². The summed E-state index contributed by atoms with van der Waals surface area (Å²) in [7, 11) is -2.62. The summed E-state index contributed by atoms with van der Waals surface area (Å²) >= 11 is 0. The molecule has 178 valence electrons. The molecular weight excluding hydrogens is 456 g/mol. The normalized spacial score (nSPS) is 11.4. The summed E-state index contributed by atoms with van der Waals surface area (Å²) in [5.41, 5.74) is 3.37. The van der Waals surface area contributed by atoms with Crippen molar-refractivity contribution in [2.24, 2.45) is 5.10 Å². The van der Waals surface area contributed by atoms with Crippen LogP contribution in [0.1, 0.15) is 25.0 Å². The SMILES string of the molecule is COc1cccc(CC(=O)N/N=C/c2cc(OC(C)C)ccc2S(=O)(=O)Oc2ccccc2)c1. The lowest BCUT2D eigenvalue weighted by Crippen LogP contribution is -2.20. The van der Waals surface area contributed by atoms with Crippen LogP contribution < -0.4 is 19.1 Å². The van der Waals surface area contributed by atoms with Crippen molar-refractivity contribution in [2.75, 3.05) is 7.11 Å². The van der Waals surface area contributed by atoms with E-state index in [1.54, 1.807) is 67.8 Å². The first-order valence-electron chi connectivity index (χ1n) is 10.5. The monoisotopic (exact) mass is 482 g/mol. The first-order chi connectivity index (χ1) is 16.3. The highest BCUT2D eigenvalue weighted by atomic mass is 32.2. The molecule has 9 heteroatoms. The average Bonchev–Trinajstić information content (AvgIpc) is 2.79. The molecule has 0 spiro atoms. The first kappa shape index (κ1) is 24.8. The maximum Gasteiger partial charge on any atom is 0.339 e. The molecule has 0 aliphatic heterocycles. The third-order valence-electron chi connectivity index (χ3n) is 4.46. The highest BCUT2D eigenvalue weighted by Crippen LogP contribution is 2.25. The molecule has 0 atom stereocenters. The van der Waals surface area contributed by atoms with Crippen molar-refractivity contribution in [3.8, 4) is 17.2 Å². The molecule has 34 heavy (non-hydrogen) atoms. The molecule has 1 N–H and O–H groups in total. The van der Waals surface area contributed by atoms with Crippen molar-refractivity contribution in [2.45, 2.75) is 31.3 Å². The van der Waals surface area contributed by atoms with Gasteiger partial charge in [-0.05, 0) is 61.9 Å². The Labute approximate surface area is 199 Å². The molecule has 0 bridgehead atoms. The number of nitrogens with zero attached hydrogens (tertiary/aromatic N) is 1. The Morgan fingerprint density at radius 3 is 2.41 bits per heavy atom. The van der Waals surface area contributed by atoms with Crippen molar-refractivity contribution >= 4 is 22.2 Å². The molecule has 0 aliphatic carbocycles. The Morgan fingerprint density at radius 1 is 0.971 bits per heavy atom. The summed E-state index contributed by atoms with van der Waals surface area (Å²) < 4.78 is 41.9. The van der Waals surface area contributed by atoms with Crippen molar-refractivity contribution < 1.29 is 26.9 Å². The molecule has 3 aromatic carbocycles. The number of amides is 1. The molecule has 1 amide bonds. The molecule has 3 rings (SSSR count). The molecular formula is C25H26N2O6S. The van der Waals surface area contributed by atoms with E-state index in [2.05, 4.69) is 10.5 Å².